The lowest BCUT2D eigenvalue weighted by Crippen LogP contribution is -2.41. The molecule has 1 aromatic heterocycles. The zero-order valence-corrected chi connectivity index (χ0v) is 15.6. The second kappa shape index (κ2) is 6.99. The molecule has 134 valence electrons. The molecule has 3 nitrogen and oxygen atoms in total. The molecule has 1 amide bonds. The summed E-state index contributed by atoms with van der Waals surface area (Å²) in [6, 6.07) is 19.0. The Morgan fingerprint density at radius 1 is 1.12 bits per heavy atom. The Bertz CT molecular complexity index is 923. The van der Waals surface area contributed by atoms with Crippen LogP contribution in [0.25, 0.3) is 10.9 Å². The van der Waals surface area contributed by atoms with E-state index in [1.165, 1.54) is 17.5 Å². The number of carbonyl (C=O) groups is 1. The van der Waals surface area contributed by atoms with Crippen molar-refractivity contribution in [3.63, 3.8) is 0 Å². The largest absolute Gasteiger partial charge is 0.340 e. The first-order chi connectivity index (χ1) is 12.6. The van der Waals surface area contributed by atoms with E-state index in [0.717, 1.165) is 42.5 Å². The normalized spacial score (nSPS) is 17.6. The predicted molar refractivity (Wildman–Crippen MR) is 106 cm³/mol. The Hall–Kier alpha value is -2.55. The summed E-state index contributed by atoms with van der Waals surface area (Å²) in [6.07, 6.45) is 3.35. The summed E-state index contributed by atoms with van der Waals surface area (Å²) in [5.74, 6) is 0.711. The van der Waals surface area contributed by atoms with Crippen LogP contribution in [0.1, 0.15) is 34.5 Å². The molecule has 1 aliphatic heterocycles. The van der Waals surface area contributed by atoms with Crippen LogP contribution in [0.5, 0.6) is 0 Å². The molecule has 3 aromatic rings. The van der Waals surface area contributed by atoms with Crippen LogP contribution in [0.2, 0.25) is 0 Å². The molecule has 4 rings (SSSR count). The van der Waals surface area contributed by atoms with Gasteiger partial charge in [0.1, 0.15) is 5.69 Å². The van der Waals surface area contributed by atoms with Gasteiger partial charge in [0.15, 0.2) is 0 Å². The first-order valence-corrected chi connectivity index (χ1v) is 9.51. The van der Waals surface area contributed by atoms with Crippen LogP contribution in [-0.2, 0) is 13.5 Å². The molecule has 0 spiro atoms. The van der Waals surface area contributed by atoms with Crippen LogP contribution in [-0.4, -0.2) is 28.5 Å². The monoisotopic (exact) mass is 346 g/mol. The van der Waals surface area contributed by atoms with E-state index in [1.54, 1.807) is 0 Å². The Morgan fingerprint density at radius 3 is 2.65 bits per heavy atom. The third kappa shape index (κ3) is 3.26. The van der Waals surface area contributed by atoms with Gasteiger partial charge in [0.25, 0.3) is 5.91 Å². The van der Waals surface area contributed by atoms with E-state index in [2.05, 4.69) is 48.2 Å². The summed E-state index contributed by atoms with van der Waals surface area (Å²) >= 11 is 0. The van der Waals surface area contributed by atoms with Crippen molar-refractivity contribution in [2.45, 2.75) is 26.2 Å². The molecule has 3 heteroatoms. The van der Waals surface area contributed by atoms with Crippen molar-refractivity contribution in [1.82, 2.24) is 9.47 Å². The molecule has 2 aromatic carbocycles. The quantitative estimate of drug-likeness (QED) is 0.681. The van der Waals surface area contributed by atoms with Gasteiger partial charge in [0, 0.05) is 31.0 Å². The maximum absolute atomic E-state index is 13.1. The molecule has 0 radical (unpaired) electrons. The van der Waals surface area contributed by atoms with Crippen molar-refractivity contribution in [1.29, 1.82) is 0 Å². The lowest BCUT2D eigenvalue weighted by molar-refractivity contribution is 0.0664. The summed E-state index contributed by atoms with van der Waals surface area (Å²) in [6.45, 7) is 3.84. The SMILES string of the molecule is Cc1ccc(C[C@H]2CCCN(C(=O)c3cc4ccccc4n3C)C2)cc1. The van der Waals surface area contributed by atoms with E-state index in [-0.39, 0.29) is 5.91 Å². The van der Waals surface area contributed by atoms with Crippen LogP contribution >= 0.6 is 0 Å². The smallest absolute Gasteiger partial charge is 0.270 e. The standard InChI is InChI=1S/C23H26N2O/c1-17-9-11-18(12-10-17)14-19-6-5-13-25(16-19)23(26)22-15-20-7-3-4-8-21(20)24(22)2/h3-4,7-12,15,19H,5-6,13-14,16H2,1-2H3/t19-/m1/s1. The average Bonchev–Trinajstić information content (AvgIpc) is 3.00. The number of benzene rings is 2. The van der Waals surface area contributed by atoms with Crippen molar-refractivity contribution in [3.8, 4) is 0 Å². The number of aromatic nitrogens is 1. The van der Waals surface area contributed by atoms with Crippen LogP contribution in [0.4, 0.5) is 0 Å². The summed E-state index contributed by atoms with van der Waals surface area (Å²) in [4.78, 5) is 15.2. The number of hydrogen-bond acceptors (Lipinski definition) is 1. The second-order valence-corrected chi connectivity index (χ2v) is 7.60. The molecule has 26 heavy (non-hydrogen) atoms. The van der Waals surface area contributed by atoms with Gasteiger partial charge < -0.3 is 9.47 Å². The number of likely N-dealkylation sites (tertiary alicyclic amines) is 1. The maximum Gasteiger partial charge on any atom is 0.270 e. The van der Waals surface area contributed by atoms with Gasteiger partial charge in [-0.1, -0.05) is 48.0 Å². The van der Waals surface area contributed by atoms with Crippen molar-refractivity contribution in [3.05, 3.63) is 71.4 Å². The highest BCUT2D eigenvalue weighted by Gasteiger charge is 2.26. The first kappa shape index (κ1) is 16.9. The minimum atomic E-state index is 0.164. The third-order valence-corrected chi connectivity index (χ3v) is 5.62. The van der Waals surface area contributed by atoms with Crippen LogP contribution in [0, 0.1) is 12.8 Å². The summed E-state index contributed by atoms with van der Waals surface area (Å²) in [5, 5.41) is 1.13. The zero-order valence-electron chi connectivity index (χ0n) is 15.6. The van der Waals surface area contributed by atoms with E-state index in [9.17, 15) is 4.79 Å². The Labute approximate surface area is 155 Å². The molecule has 0 aliphatic carbocycles. The number of carbonyl (C=O) groups excluding carboxylic acids is 1. The zero-order chi connectivity index (χ0) is 18.1. The van der Waals surface area contributed by atoms with E-state index in [4.69, 9.17) is 0 Å². The molecular formula is C23H26N2O. The van der Waals surface area contributed by atoms with E-state index < -0.39 is 0 Å². The second-order valence-electron chi connectivity index (χ2n) is 7.60. The van der Waals surface area contributed by atoms with Gasteiger partial charge in [-0.25, -0.2) is 0 Å². The molecule has 0 saturated carbocycles. The Kier molecular flexibility index (Phi) is 4.54. The highest BCUT2D eigenvalue weighted by atomic mass is 16.2. The van der Waals surface area contributed by atoms with Crippen LogP contribution < -0.4 is 0 Å². The topological polar surface area (TPSA) is 25.2 Å². The van der Waals surface area contributed by atoms with Gasteiger partial charge in [0.05, 0.1) is 0 Å². The Balaban J connectivity index is 1.50. The minimum Gasteiger partial charge on any atom is -0.340 e. The number of para-hydroxylation sites is 1. The summed E-state index contributed by atoms with van der Waals surface area (Å²) in [5.41, 5.74) is 4.58. The molecular weight excluding hydrogens is 320 g/mol. The van der Waals surface area contributed by atoms with Crippen molar-refractivity contribution in [2.75, 3.05) is 13.1 Å². The van der Waals surface area contributed by atoms with E-state index in [0.29, 0.717) is 5.92 Å². The van der Waals surface area contributed by atoms with Crippen molar-refractivity contribution >= 4 is 16.8 Å². The van der Waals surface area contributed by atoms with Gasteiger partial charge >= 0.3 is 0 Å². The number of hydrogen-bond donors (Lipinski definition) is 0. The van der Waals surface area contributed by atoms with Gasteiger partial charge in [0.2, 0.25) is 0 Å². The van der Waals surface area contributed by atoms with E-state index in [1.807, 2.05) is 29.8 Å². The molecule has 1 atom stereocenters. The molecule has 0 N–H and O–H groups in total. The third-order valence-electron chi connectivity index (χ3n) is 5.62. The maximum atomic E-state index is 13.1. The fourth-order valence-electron chi connectivity index (χ4n) is 4.13. The number of piperidine rings is 1. The summed E-state index contributed by atoms with van der Waals surface area (Å²) in [7, 11) is 1.99. The molecule has 2 heterocycles. The highest BCUT2D eigenvalue weighted by molar-refractivity contribution is 5.98. The predicted octanol–water partition coefficient (Wildman–Crippen LogP) is 4.58. The number of aryl methyl sites for hydroxylation is 2. The van der Waals surface area contributed by atoms with Crippen LogP contribution in [0.15, 0.2) is 54.6 Å². The number of amides is 1. The molecule has 1 fully saturated rings. The average molecular weight is 346 g/mol. The molecule has 1 aliphatic rings. The fraction of sp³-hybridized carbons (Fsp3) is 0.348. The highest BCUT2D eigenvalue weighted by Crippen LogP contribution is 2.25. The van der Waals surface area contributed by atoms with Gasteiger partial charge in [-0.2, -0.15) is 0 Å². The summed E-state index contributed by atoms with van der Waals surface area (Å²) < 4.78 is 2.03. The van der Waals surface area contributed by atoms with E-state index >= 15 is 0 Å². The number of nitrogens with zero attached hydrogens (tertiary/aromatic N) is 2. The van der Waals surface area contributed by atoms with Crippen LogP contribution in [0.3, 0.4) is 0 Å². The number of rotatable bonds is 3. The minimum absolute atomic E-state index is 0.164. The molecule has 0 unspecified atom stereocenters. The van der Waals surface area contributed by atoms with Crippen molar-refractivity contribution in [2.24, 2.45) is 13.0 Å². The fourth-order valence-corrected chi connectivity index (χ4v) is 4.13. The lowest BCUT2D eigenvalue weighted by Gasteiger charge is -2.33. The Morgan fingerprint density at radius 2 is 1.88 bits per heavy atom. The molecule has 1 saturated heterocycles. The van der Waals surface area contributed by atoms with Crippen molar-refractivity contribution < 1.29 is 4.79 Å². The molecule has 0 bridgehead atoms. The first-order valence-electron chi connectivity index (χ1n) is 9.51. The van der Waals surface area contributed by atoms with Gasteiger partial charge in [-0.15, -0.1) is 0 Å². The number of fused-ring (bicyclic) bond motifs is 1. The van der Waals surface area contributed by atoms with Gasteiger partial charge in [-0.3, -0.25) is 4.79 Å². The lowest BCUT2D eigenvalue weighted by atomic mass is 9.91. The van der Waals surface area contributed by atoms with Gasteiger partial charge in [-0.05, 0) is 49.8 Å².